The Morgan fingerprint density at radius 2 is 1.38 bits per heavy atom. The summed E-state index contributed by atoms with van der Waals surface area (Å²) in [5, 5.41) is 0. The van der Waals surface area contributed by atoms with Gasteiger partial charge in [0.15, 0.2) is 0 Å². The SMILES string of the molecule is CC(C)NS(=O)(=O)c1ccccc1N1C(=O)c2ccccc2C1=O. The number of carbonyl (C=O) groups excluding carboxylic acids is 2. The monoisotopic (exact) mass is 344 g/mol. The summed E-state index contributed by atoms with van der Waals surface area (Å²) in [4.78, 5) is 26.0. The fraction of sp³-hybridized carbons (Fsp3) is 0.176. The average Bonchev–Trinajstić information content (AvgIpc) is 2.78. The highest BCUT2D eigenvalue weighted by molar-refractivity contribution is 7.89. The van der Waals surface area contributed by atoms with Crippen molar-refractivity contribution in [1.29, 1.82) is 0 Å². The molecule has 0 atom stereocenters. The molecule has 0 unspecified atom stereocenters. The van der Waals surface area contributed by atoms with Crippen molar-refractivity contribution in [3.8, 4) is 0 Å². The quantitative estimate of drug-likeness (QED) is 0.862. The van der Waals surface area contributed by atoms with Crippen molar-refractivity contribution in [3.05, 3.63) is 59.7 Å². The first kappa shape index (κ1) is 16.4. The zero-order valence-corrected chi connectivity index (χ0v) is 14.0. The number of rotatable bonds is 4. The van der Waals surface area contributed by atoms with E-state index in [2.05, 4.69) is 4.72 Å². The first-order valence-corrected chi connectivity index (χ1v) is 8.90. The van der Waals surface area contributed by atoms with E-state index in [0.717, 1.165) is 4.90 Å². The van der Waals surface area contributed by atoms with E-state index in [1.165, 1.54) is 12.1 Å². The van der Waals surface area contributed by atoms with Gasteiger partial charge in [-0.1, -0.05) is 24.3 Å². The number of hydrogen-bond acceptors (Lipinski definition) is 4. The zero-order chi connectivity index (χ0) is 17.5. The van der Waals surface area contributed by atoms with Crippen LogP contribution < -0.4 is 9.62 Å². The molecule has 0 bridgehead atoms. The minimum absolute atomic E-state index is 0.0526. The van der Waals surface area contributed by atoms with E-state index in [-0.39, 0.29) is 27.8 Å². The maximum atomic E-state index is 12.6. The topological polar surface area (TPSA) is 83.6 Å². The summed E-state index contributed by atoms with van der Waals surface area (Å²) in [5.74, 6) is -1.05. The van der Waals surface area contributed by atoms with E-state index in [4.69, 9.17) is 0 Å². The number of nitrogens with one attached hydrogen (secondary N) is 1. The number of sulfonamides is 1. The molecule has 0 fully saturated rings. The van der Waals surface area contributed by atoms with Gasteiger partial charge in [-0.15, -0.1) is 0 Å². The minimum atomic E-state index is -3.86. The third-order valence-corrected chi connectivity index (χ3v) is 5.29. The number of fused-ring (bicyclic) bond motifs is 1. The van der Waals surface area contributed by atoms with Gasteiger partial charge in [0.2, 0.25) is 10.0 Å². The van der Waals surface area contributed by atoms with Crippen LogP contribution in [0, 0.1) is 0 Å². The summed E-state index contributed by atoms with van der Waals surface area (Å²) < 4.78 is 27.6. The van der Waals surface area contributed by atoms with Crippen LogP contribution in [0.15, 0.2) is 53.4 Å². The molecular weight excluding hydrogens is 328 g/mol. The van der Waals surface area contributed by atoms with Crippen LogP contribution in [0.5, 0.6) is 0 Å². The molecule has 0 radical (unpaired) electrons. The first-order chi connectivity index (χ1) is 11.3. The molecule has 0 aliphatic carbocycles. The van der Waals surface area contributed by atoms with Crippen LogP contribution >= 0.6 is 0 Å². The normalized spacial score (nSPS) is 14.4. The van der Waals surface area contributed by atoms with Gasteiger partial charge in [0.25, 0.3) is 11.8 Å². The van der Waals surface area contributed by atoms with Crippen molar-refractivity contribution in [2.24, 2.45) is 0 Å². The van der Waals surface area contributed by atoms with E-state index in [1.807, 2.05) is 0 Å². The van der Waals surface area contributed by atoms with Gasteiger partial charge in [0, 0.05) is 6.04 Å². The fourth-order valence-corrected chi connectivity index (χ4v) is 4.09. The largest absolute Gasteiger partial charge is 0.268 e. The lowest BCUT2D eigenvalue weighted by molar-refractivity contribution is 0.0925. The molecule has 7 heteroatoms. The molecule has 2 aromatic carbocycles. The molecular formula is C17H16N2O4S. The molecule has 2 amide bonds. The number of benzene rings is 2. The summed E-state index contributed by atoms with van der Waals surface area (Å²) >= 11 is 0. The molecule has 0 saturated heterocycles. The summed E-state index contributed by atoms with van der Waals surface area (Å²) in [5.41, 5.74) is 0.592. The Kier molecular flexibility index (Phi) is 3.98. The van der Waals surface area contributed by atoms with E-state index in [0.29, 0.717) is 0 Å². The van der Waals surface area contributed by atoms with Crippen LogP contribution in [0.25, 0.3) is 0 Å². The van der Waals surface area contributed by atoms with Crippen LogP contribution in [0.1, 0.15) is 34.6 Å². The number of anilines is 1. The third kappa shape index (κ3) is 2.61. The molecule has 24 heavy (non-hydrogen) atoms. The molecule has 3 rings (SSSR count). The molecule has 1 heterocycles. The molecule has 124 valence electrons. The van der Waals surface area contributed by atoms with Crippen LogP contribution in [0.2, 0.25) is 0 Å². The Labute approximate surface area is 140 Å². The molecule has 0 aromatic heterocycles. The van der Waals surface area contributed by atoms with Crippen molar-refractivity contribution in [3.63, 3.8) is 0 Å². The second-order valence-corrected chi connectivity index (χ2v) is 7.42. The summed E-state index contributed by atoms with van der Waals surface area (Å²) in [6, 6.07) is 12.1. The average molecular weight is 344 g/mol. The fourth-order valence-electron chi connectivity index (χ4n) is 2.65. The molecule has 1 aliphatic heterocycles. The maximum absolute atomic E-state index is 12.6. The number of para-hydroxylation sites is 1. The molecule has 0 spiro atoms. The van der Waals surface area contributed by atoms with E-state index in [9.17, 15) is 18.0 Å². The summed E-state index contributed by atoms with van der Waals surface area (Å²) in [7, 11) is -3.86. The Morgan fingerprint density at radius 1 is 0.875 bits per heavy atom. The highest BCUT2D eigenvalue weighted by Crippen LogP contribution is 2.32. The van der Waals surface area contributed by atoms with Crippen molar-refractivity contribution in [2.75, 3.05) is 4.90 Å². The second-order valence-electron chi connectivity index (χ2n) is 5.74. The Bertz CT molecular complexity index is 900. The maximum Gasteiger partial charge on any atom is 0.266 e. The predicted octanol–water partition coefficient (Wildman–Crippen LogP) is 2.17. The number of nitrogens with zero attached hydrogens (tertiary/aromatic N) is 1. The number of imide groups is 1. The summed E-state index contributed by atoms with van der Waals surface area (Å²) in [6.07, 6.45) is 0. The smallest absolute Gasteiger partial charge is 0.266 e. The number of hydrogen-bond donors (Lipinski definition) is 1. The number of amides is 2. The van der Waals surface area contributed by atoms with Gasteiger partial charge in [-0.25, -0.2) is 18.0 Å². The highest BCUT2D eigenvalue weighted by atomic mass is 32.2. The van der Waals surface area contributed by atoms with E-state index < -0.39 is 21.8 Å². The van der Waals surface area contributed by atoms with Crippen LogP contribution in [-0.2, 0) is 10.0 Å². The first-order valence-electron chi connectivity index (χ1n) is 7.42. The van der Waals surface area contributed by atoms with Gasteiger partial charge in [-0.05, 0) is 38.1 Å². The van der Waals surface area contributed by atoms with Gasteiger partial charge in [-0.2, -0.15) is 0 Å². The lowest BCUT2D eigenvalue weighted by Crippen LogP contribution is -2.34. The summed E-state index contributed by atoms with van der Waals surface area (Å²) in [6.45, 7) is 3.39. The third-order valence-electron chi connectivity index (χ3n) is 3.58. The Hall–Kier alpha value is -2.51. The lowest BCUT2D eigenvalue weighted by Gasteiger charge is -2.19. The van der Waals surface area contributed by atoms with Crippen LogP contribution in [-0.4, -0.2) is 26.3 Å². The van der Waals surface area contributed by atoms with Crippen LogP contribution in [0.4, 0.5) is 5.69 Å². The zero-order valence-electron chi connectivity index (χ0n) is 13.2. The van der Waals surface area contributed by atoms with Gasteiger partial charge < -0.3 is 0 Å². The van der Waals surface area contributed by atoms with Crippen LogP contribution in [0.3, 0.4) is 0 Å². The Balaban J connectivity index is 2.13. The molecule has 0 saturated carbocycles. The van der Waals surface area contributed by atoms with Gasteiger partial charge in [-0.3, -0.25) is 9.59 Å². The number of carbonyl (C=O) groups is 2. The highest BCUT2D eigenvalue weighted by Gasteiger charge is 2.38. The van der Waals surface area contributed by atoms with Crippen molar-refractivity contribution >= 4 is 27.5 Å². The van der Waals surface area contributed by atoms with Gasteiger partial charge >= 0.3 is 0 Å². The van der Waals surface area contributed by atoms with Gasteiger partial charge in [0.05, 0.1) is 16.8 Å². The van der Waals surface area contributed by atoms with Crippen molar-refractivity contribution in [2.45, 2.75) is 24.8 Å². The molecule has 1 aliphatic rings. The molecule has 6 nitrogen and oxygen atoms in total. The van der Waals surface area contributed by atoms with Gasteiger partial charge in [0.1, 0.15) is 4.90 Å². The van der Waals surface area contributed by atoms with E-state index >= 15 is 0 Å². The van der Waals surface area contributed by atoms with Crippen molar-refractivity contribution in [1.82, 2.24) is 4.72 Å². The van der Waals surface area contributed by atoms with E-state index in [1.54, 1.807) is 50.2 Å². The second kappa shape index (κ2) is 5.85. The Morgan fingerprint density at radius 3 is 1.92 bits per heavy atom. The standard InChI is InChI=1S/C17H16N2O4S/c1-11(2)18-24(22,23)15-10-6-5-9-14(15)19-16(20)12-7-3-4-8-13(12)17(19)21/h3-11,18H,1-2H3. The minimum Gasteiger partial charge on any atom is -0.268 e. The molecule has 2 aromatic rings. The molecule has 1 N–H and O–H groups in total. The van der Waals surface area contributed by atoms with Crippen molar-refractivity contribution < 1.29 is 18.0 Å². The lowest BCUT2D eigenvalue weighted by atomic mass is 10.1. The predicted molar refractivity (Wildman–Crippen MR) is 89.5 cm³/mol.